The number of hydrogen-bond donors (Lipinski definition) is 2. The van der Waals surface area contributed by atoms with Crippen LogP contribution in [0.3, 0.4) is 0 Å². The number of hydrogen-bond acceptors (Lipinski definition) is 8. The van der Waals surface area contributed by atoms with Gasteiger partial charge in [0.15, 0.2) is 0 Å². The third kappa shape index (κ3) is 9.28. The predicted molar refractivity (Wildman–Crippen MR) is 150 cm³/mol. The van der Waals surface area contributed by atoms with E-state index in [0.717, 1.165) is 10.1 Å². The lowest BCUT2D eigenvalue weighted by Gasteiger charge is -2.18. The van der Waals surface area contributed by atoms with Gasteiger partial charge in [-0.05, 0) is 36.3 Å². The van der Waals surface area contributed by atoms with Gasteiger partial charge in [-0.25, -0.2) is 0 Å². The quantitative estimate of drug-likeness (QED) is 0.294. The van der Waals surface area contributed by atoms with Crippen LogP contribution in [0.4, 0.5) is 10.3 Å². The van der Waals surface area contributed by atoms with E-state index in [1.54, 1.807) is 17.6 Å². The van der Waals surface area contributed by atoms with Crippen molar-refractivity contribution in [3.05, 3.63) is 82.3 Å². The first-order valence-electron chi connectivity index (χ1n) is 11.4. The van der Waals surface area contributed by atoms with Crippen molar-refractivity contribution in [2.24, 2.45) is 0 Å². The molecule has 7 nitrogen and oxygen atoms in total. The Morgan fingerprint density at radius 3 is 2.17 bits per heavy atom. The van der Waals surface area contributed by atoms with E-state index in [4.69, 9.17) is 0 Å². The fourth-order valence-corrected chi connectivity index (χ4v) is 4.90. The molecule has 0 atom stereocenters. The molecular weight excluding hydrogens is 495 g/mol. The van der Waals surface area contributed by atoms with Gasteiger partial charge in [-0.2, -0.15) is 0 Å². The lowest BCUT2D eigenvalue weighted by Crippen LogP contribution is -2.11. The summed E-state index contributed by atoms with van der Waals surface area (Å²) in [7, 11) is 5.10. The van der Waals surface area contributed by atoms with Crippen molar-refractivity contribution in [1.82, 2.24) is 20.4 Å². The average Bonchev–Trinajstić information content (AvgIpc) is 3.63. The fourth-order valence-electron chi connectivity index (χ4n) is 3.39. The molecule has 1 saturated carbocycles. The second-order valence-corrected chi connectivity index (χ2v) is 9.78. The van der Waals surface area contributed by atoms with Crippen molar-refractivity contribution in [2.45, 2.75) is 38.0 Å². The molecule has 1 amide bonds. The molecule has 1 aliphatic carbocycles. The molecule has 2 heterocycles. The number of benzene rings is 2. The number of nitrogens with one attached hydrogen (secondary N) is 2. The van der Waals surface area contributed by atoms with E-state index in [0.29, 0.717) is 16.6 Å². The van der Waals surface area contributed by atoms with Crippen LogP contribution < -0.4 is 10.6 Å². The van der Waals surface area contributed by atoms with Gasteiger partial charge < -0.3 is 5.32 Å². The minimum Gasteiger partial charge on any atom is -0.363 e. The van der Waals surface area contributed by atoms with Crippen molar-refractivity contribution < 1.29 is 4.79 Å². The summed E-state index contributed by atoms with van der Waals surface area (Å²) in [6.45, 7) is 0. The van der Waals surface area contributed by atoms with Gasteiger partial charge in [0.1, 0.15) is 10.5 Å². The molecule has 10 heteroatoms. The van der Waals surface area contributed by atoms with E-state index in [2.05, 4.69) is 39.9 Å². The molecule has 0 spiro atoms. The molecule has 1 aliphatic rings. The topological polar surface area (TPSA) is 92.7 Å². The number of carbonyl (C=O) groups excluding carboxylic acids is 1. The lowest BCUT2D eigenvalue weighted by atomic mass is 9.90. The van der Waals surface area contributed by atoms with Crippen molar-refractivity contribution in [2.75, 3.05) is 17.7 Å². The van der Waals surface area contributed by atoms with Gasteiger partial charge in [0.25, 0.3) is 5.91 Å². The average molecular weight is 525 g/mol. The summed E-state index contributed by atoms with van der Waals surface area (Å²) in [6.07, 6.45) is 6.27. The van der Waals surface area contributed by atoms with Crippen molar-refractivity contribution >= 4 is 53.5 Å². The molecule has 0 radical (unpaired) electrons. The van der Waals surface area contributed by atoms with E-state index in [1.807, 2.05) is 61.4 Å². The fraction of sp³-hybridized carbons (Fsp3) is 0.280. The predicted octanol–water partition coefficient (Wildman–Crippen LogP) is 6.40. The molecule has 0 aliphatic heterocycles. The Labute approximate surface area is 216 Å². The van der Waals surface area contributed by atoms with Crippen LogP contribution in [0.1, 0.15) is 59.0 Å². The molecule has 182 valence electrons. The molecule has 2 aromatic heterocycles. The monoisotopic (exact) mass is 524 g/mol. The van der Waals surface area contributed by atoms with E-state index in [-0.39, 0.29) is 5.91 Å². The molecule has 1 fully saturated rings. The van der Waals surface area contributed by atoms with E-state index >= 15 is 0 Å². The molecule has 0 unspecified atom stereocenters. The Morgan fingerprint density at radius 2 is 1.63 bits per heavy atom. The van der Waals surface area contributed by atoms with Crippen LogP contribution in [0.25, 0.3) is 0 Å². The first kappa shape index (κ1) is 26.6. The zero-order chi connectivity index (χ0) is 24.7. The van der Waals surface area contributed by atoms with Gasteiger partial charge in [-0.15, -0.1) is 29.3 Å². The number of anilines is 2. The van der Waals surface area contributed by atoms with Gasteiger partial charge in [0, 0.05) is 18.5 Å². The van der Waals surface area contributed by atoms with Crippen LogP contribution >= 0.6 is 31.5 Å². The summed E-state index contributed by atoms with van der Waals surface area (Å²) >= 11 is 3.00. The van der Waals surface area contributed by atoms with E-state index < -0.39 is 0 Å². The summed E-state index contributed by atoms with van der Waals surface area (Å²) in [4.78, 5) is 12.0. The number of rotatable bonds is 5. The second kappa shape index (κ2) is 15.1. The highest BCUT2D eigenvalue weighted by Gasteiger charge is 2.20. The number of carbonyl (C=O) groups is 1. The normalized spacial score (nSPS) is 12.8. The van der Waals surface area contributed by atoms with Crippen LogP contribution in [0.5, 0.6) is 0 Å². The standard InChI is InChI=1S/C15H17N3OS.C7H7P.C3H5N3S/c19-13(11-7-3-1-4-8-11)16-15-18-17-14(20-15)12-9-5-2-6-10-12;8-6-7-4-2-1-3-5-7;1-4-3-6-5-2-7-3/h1,3-4,7-8,12H,2,5-6,9-10H2,(H,16,18,19);1-6,8H;2H,1H3,(H,4,6). The lowest BCUT2D eigenvalue weighted by molar-refractivity contribution is 0.102. The third-order valence-electron chi connectivity index (χ3n) is 5.19. The Kier molecular flexibility index (Phi) is 11.5. The molecule has 35 heavy (non-hydrogen) atoms. The number of aromatic nitrogens is 4. The molecule has 2 aromatic carbocycles. The zero-order valence-corrected chi connectivity index (χ0v) is 22.2. The Hall–Kier alpha value is -3.00. The number of amides is 1. The van der Waals surface area contributed by atoms with Gasteiger partial charge in [-0.1, -0.05) is 90.5 Å². The molecule has 5 rings (SSSR count). The maximum Gasteiger partial charge on any atom is 0.257 e. The summed E-state index contributed by atoms with van der Waals surface area (Å²) in [5.74, 6) is 2.29. The highest BCUT2D eigenvalue weighted by Crippen LogP contribution is 2.35. The van der Waals surface area contributed by atoms with Crippen LogP contribution in [-0.4, -0.2) is 39.1 Å². The maximum atomic E-state index is 12.0. The zero-order valence-electron chi connectivity index (χ0n) is 19.6. The smallest absolute Gasteiger partial charge is 0.257 e. The molecule has 2 N–H and O–H groups in total. The molecule has 0 bridgehead atoms. The van der Waals surface area contributed by atoms with Crippen LogP contribution in [0.2, 0.25) is 0 Å². The van der Waals surface area contributed by atoms with Crippen molar-refractivity contribution in [3.63, 3.8) is 0 Å². The van der Waals surface area contributed by atoms with E-state index in [9.17, 15) is 4.79 Å². The first-order valence-corrected chi connectivity index (χ1v) is 13.7. The Bertz CT molecular complexity index is 1130. The van der Waals surface area contributed by atoms with Crippen LogP contribution in [-0.2, 0) is 0 Å². The summed E-state index contributed by atoms with van der Waals surface area (Å²) in [5, 5.41) is 23.8. The van der Waals surface area contributed by atoms with Crippen molar-refractivity contribution in [3.8, 4) is 0 Å². The molecular formula is C25H29N6OPS2. The molecule has 0 saturated heterocycles. The van der Waals surface area contributed by atoms with Crippen LogP contribution in [0.15, 0.2) is 66.2 Å². The van der Waals surface area contributed by atoms with Gasteiger partial charge >= 0.3 is 0 Å². The van der Waals surface area contributed by atoms with Crippen molar-refractivity contribution in [1.29, 1.82) is 0 Å². The number of nitrogens with zero attached hydrogens (tertiary/aromatic N) is 4. The van der Waals surface area contributed by atoms with Crippen LogP contribution in [0, 0.1) is 0 Å². The largest absolute Gasteiger partial charge is 0.363 e. The maximum absolute atomic E-state index is 12.0. The Balaban J connectivity index is 0.000000186. The summed E-state index contributed by atoms with van der Waals surface area (Å²) in [6, 6.07) is 19.3. The minimum atomic E-state index is -0.128. The highest BCUT2D eigenvalue weighted by molar-refractivity contribution is 7.19. The highest BCUT2D eigenvalue weighted by atomic mass is 32.1. The Morgan fingerprint density at radius 1 is 0.943 bits per heavy atom. The van der Waals surface area contributed by atoms with Gasteiger partial charge in [-0.3, -0.25) is 10.1 Å². The second-order valence-electron chi connectivity index (χ2n) is 7.65. The summed E-state index contributed by atoms with van der Waals surface area (Å²) < 4.78 is 0. The van der Waals surface area contributed by atoms with Gasteiger partial charge in [0.05, 0.1) is 0 Å². The third-order valence-corrected chi connectivity index (χ3v) is 7.23. The van der Waals surface area contributed by atoms with Gasteiger partial charge in [0.2, 0.25) is 10.3 Å². The summed E-state index contributed by atoms with van der Waals surface area (Å²) in [5.41, 5.74) is 3.53. The van der Waals surface area contributed by atoms with E-state index in [1.165, 1.54) is 60.3 Å². The molecule has 4 aromatic rings. The minimum absolute atomic E-state index is 0.128. The SMILES string of the molecule is CNc1nncs1.O=C(Nc1nnc(C2CCCCC2)s1)c1ccccc1.P=Cc1ccccc1. The first-order chi connectivity index (χ1) is 17.2.